The van der Waals surface area contributed by atoms with Crippen LogP contribution in [-0.4, -0.2) is 44.9 Å². The predicted octanol–water partition coefficient (Wildman–Crippen LogP) is 2.00. The van der Waals surface area contributed by atoms with Crippen LogP contribution in [0.5, 0.6) is 0 Å². The Balaban J connectivity index is 0.00000208. The van der Waals surface area contributed by atoms with Crippen LogP contribution in [0.2, 0.25) is 0 Å². The van der Waals surface area contributed by atoms with Gasteiger partial charge in [0.25, 0.3) is 0 Å². The molecular weight excluding hydrogens is 328 g/mol. The van der Waals surface area contributed by atoms with Gasteiger partial charge in [0.05, 0.1) is 19.3 Å². The van der Waals surface area contributed by atoms with Crippen LogP contribution in [0.1, 0.15) is 36.5 Å². The summed E-state index contributed by atoms with van der Waals surface area (Å²) in [6.45, 7) is 3.20. The maximum atomic E-state index is 11.9. The number of rotatable bonds is 6. The summed E-state index contributed by atoms with van der Waals surface area (Å²) in [6, 6.07) is 8.34. The lowest BCUT2D eigenvalue weighted by Crippen LogP contribution is -2.51. The summed E-state index contributed by atoms with van der Waals surface area (Å²) in [5.41, 5.74) is 2.76. The molecule has 134 valence electrons. The second-order valence-electron chi connectivity index (χ2n) is 6.18. The first-order valence-corrected chi connectivity index (χ1v) is 8.63. The van der Waals surface area contributed by atoms with Crippen molar-refractivity contribution in [1.82, 2.24) is 10.6 Å². The SMILES string of the molecule is Cl.O=C(NCCCOC1CCCc2ccccc21)C1COCCN1. The van der Waals surface area contributed by atoms with Crippen molar-refractivity contribution in [2.75, 3.05) is 32.9 Å². The lowest BCUT2D eigenvalue weighted by atomic mass is 9.89. The van der Waals surface area contributed by atoms with Gasteiger partial charge in [0.1, 0.15) is 6.04 Å². The Hall–Kier alpha value is -1.14. The summed E-state index contributed by atoms with van der Waals surface area (Å²) in [5, 5.41) is 6.10. The summed E-state index contributed by atoms with van der Waals surface area (Å²) in [4.78, 5) is 11.9. The zero-order chi connectivity index (χ0) is 15.9. The van der Waals surface area contributed by atoms with Crippen molar-refractivity contribution in [2.24, 2.45) is 0 Å². The first-order chi connectivity index (χ1) is 11.3. The maximum absolute atomic E-state index is 11.9. The Morgan fingerprint density at radius 1 is 1.38 bits per heavy atom. The average molecular weight is 355 g/mol. The monoisotopic (exact) mass is 354 g/mol. The molecule has 0 spiro atoms. The van der Waals surface area contributed by atoms with E-state index >= 15 is 0 Å². The highest BCUT2D eigenvalue weighted by atomic mass is 35.5. The van der Waals surface area contributed by atoms with Gasteiger partial charge in [-0.15, -0.1) is 12.4 Å². The van der Waals surface area contributed by atoms with Crippen LogP contribution in [0.3, 0.4) is 0 Å². The molecule has 6 heteroatoms. The normalized spacial score (nSPS) is 23.0. The number of hydrogen-bond donors (Lipinski definition) is 2. The van der Waals surface area contributed by atoms with E-state index in [4.69, 9.17) is 9.47 Å². The van der Waals surface area contributed by atoms with Gasteiger partial charge in [-0.25, -0.2) is 0 Å². The van der Waals surface area contributed by atoms with Crippen molar-refractivity contribution in [3.05, 3.63) is 35.4 Å². The van der Waals surface area contributed by atoms with Crippen molar-refractivity contribution in [2.45, 2.75) is 37.8 Å². The lowest BCUT2D eigenvalue weighted by Gasteiger charge is -2.26. The molecule has 5 nitrogen and oxygen atoms in total. The number of benzene rings is 1. The van der Waals surface area contributed by atoms with Crippen LogP contribution in [0.4, 0.5) is 0 Å². The van der Waals surface area contributed by atoms with Gasteiger partial charge in [-0.3, -0.25) is 4.79 Å². The average Bonchev–Trinajstić information content (AvgIpc) is 2.62. The molecule has 0 saturated carbocycles. The van der Waals surface area contributed by atoms with Crippen LogP contribution >= 0.6 is 12.4 Å². The molecule has 24 heavy (non-hydrogen) atoms. The smallest absolute Gasteiger partial charge is 0.239 e. The molecule has 2 unspecified atom stereocenters. The van der Waals surface area contributed by atoms with Crippen LogP contribution < -0.4 is 10.6 Å². The van der Waals surface area contributed by atoms with Gasteiger partial charge >= 0.3 is 0 Å². The zero-order valence-electron chi connectivity index (χ0n) is 14.0. The number of amides is 1. The number of fused-ring (bicyclic) bond motifs is 1. The van der Waals surface area contributed by atoms with Crippen LogP contribution in [0.25, 0.3) is 0 Å². The molecule has 0 aromatic heterocycles. The van der Waals surface area contributed by atoms with Crippen LogP contribution in [-0.2, 0) is 20.7 Å². The Morgan fingerprint density at radius 3 is 3.08 bits per heavy atom. The molecule has 2 atom stereocenters. The van der Waals surface area contributed by atoms with E-state index in [1.54, 1.807) is 0 Å². The van der Waals surface area contributed by atoms with Crippen molar-refractivity contribution in [3.63, 3.8) is 0 Å². The molecule has 1 amide bonds. The van der Waals surface area contributed by atoms with Gasteiger partial charge in [0.2, 0.25) is 5.91 Å². The van der Waals surface area contributed by atoms with E-state index in [9.17, 15) is 4.79 Å². The maximum Gasteiger partial charge on any atom is 0.239 e. The van der Waals surface area contributed by atoms with E-state index in [0.717, 1.165) is 25.8 Å². The summed E-state index contributed by atoms with van der Waals surface area (Å²) in [7, 11) is 0. The lowest BCUT2D eigenvalue weighted by molar-refractivity contribution is -0.125. The largest absolute Gasteiger partial charge is 0.378 e. The Morgan fingerprint density at radius 2 is 2.25 bits per heavy atom. The minimum absolute atomic E-state index is 0. The van der Waals surface area contributed by atoms with Gasteiger partial charge < -0.3 is 20.1 Å². The first kappa shape index (κ1) is 19.2. The molecule has 3 rings (SSSR count). The van der Waals surface area contributed by atoms with E-state index < -0.39 is 0 Å². The fourth-order valence-corrected chi connectivity index (χ4v) is 3.25. The number of ether oxygens (including phenoxy) is 2. The molecule has 1 aliphatic heterocycles. The van der Waals surface area contributed by atoms with Gasteiger partial charge in [-0.1, -0.05) is 24.3 Å². The van der Waals surface area contributed by atoms with Gasteiger partial charge in [-0.05, 0) is 36.8 Å². The van der Waals surface area contributed by atoms with E-state index in [1.807, 2.05) is 0 Å². The third-order valence-electron chi connectivity index (χ3n) is 4.49. The van der Waals surface area contributed by atoms with Crippen molar-refractivity contribution < 1.29 is 14.3 Å². The fourth-order valence-electron chi connectivity index (χ4n) is 3.25. The Kier molecular flexibility index (Phi) is 7.99. The minimum Gasteiger partial charge on any atom is -0.378 e. The number of hydrogen-bond acceptors (Lipinski definition) is 4. The fraction of sp³-hybridized carbons (Fsp3) is 0.611. The summed E-state index contributed by atoms with van der Waals surface area (Å²) < 4.78 is 11.3. The van der Waals surface area contributed by atoms with Crippen LogP contribution in [0.15, 0.2) is 24.3 Å². The molecule has 1 aromatic rings. The standard InChI is InChI=1S/C18H26N2O3.ClH/c21-18(16-13-22-12-10-19-16)20-9-4-11-23-17-8-3-6-14-5-1-2-7-15(14)17;/h1-2,5,7,16-17,19H,3-4,6,8-13H2,(H,20,21);1H. The van der Waals surface area contributed by atoms with E-state index in [0.29, 0.717) is 26.4 Å². The number of carbonyl (C=O) groups excluding carboxylic acids is 1. The zero-order valence-corrected chi connectivity index (χ0v) is 14.8. The van der Waals surface area contributed by atoms with E-state index in [-0.39, 0.29) is 30.5 Å². The highest BCUT2D eigenvalue weighted by Gasteiger charge is 2.21. The predicted molar refractivity (Wildman–Crippen MR) is 95.6 cm³/mol. The summed E-state index contributed by atoms with van der Waals surface area (Å²) in [6.07, 6.45) is 4.47. The van der Waals surface area contributed by atoms with E-state index in [1.165, 1.54) is 17.5 Å². The Labute approximate surface area is 149 Å². The number of morpholine rings is 1. The van der Waals surface area contributed by atoms with E-state index in [2.05, 4.69) is 34.9 Å². The molecular formula is C18H27ClN2O3. The second-order valence-corrected chi connectivity index (χ2v) is 6.18. The number of carbonyl (C=O) groups is 1. The topological polar surface area (TPSA) is 59.6 Å². The van der Waals surface area contributed by atoms with Gasteiger partial charge in [0.15, 0.2) is 0 Å². The number of nitrogens with one attached hydrogen (secondary N) is 2. The molecule has 0 bridgehead atoms. The highest BCUT2D eigenvalue weighted by molar-refractivity contribution is 5.85. The first-order valence-electron chi connectivity index (χ1n) is 8.63. The number of aryl methyl sites for hydroxylation is 1. The Bertz CT molecular complexity index is 521. The summed E-state index contributed by atoms with van der Waals surface area (Å²) >= 11 is 0. The molecule has 1 fully saturated rings. The third kappa shape index (κ3) is 5.18. The van der Waals surface area contributed by atoms with Crippen LogP contribution in [0, 0.1) is 0 Å². The van der Waals surface area contributed by atoms with Crippen molar-refractivity contribution in [1.29, 1.82) is 0 Å². The molecule has 1 heterocycles. The van der Waals surface area contributed by atoms with Gasteiger partial charge in [-0.2, -0.15) is 0 Å². The highest BCUT2D eigenvalue weighted by Crippen LogP contribution is 2.32. The second kappa shape index (κ2) is 9.99. The summed E-state index contributed by atoms with van der Waals surface area (Å²) in [5.74, 6) is 0.0210. The molecule has 1 saturated heterocycles. The molecule has 2 N–H and O–H groups in total. The van der Waals surface area contributed by atoms with Crippen molar-refractivity contribution >= 4 is 18.3 Å². The molecule has 1 aliphatic carbocycles. The minimum atomic E-state index is -0.213. The number of halogens is 1. The molecule has 1 aromatic carbocycles. The van der Waals surface area contributed by atoms with Crippen molar-refractivity contribution in [3.8, 4) is 0 Å². The third-order valence-corrected chi connectivity index (χ3v) is 4.49. The molecule has 2 aliphatic rings. The van der Waals surface area contributed by atoms with Gasteiger partial charge in [0, 0.05) is 19.7 Å². The molecule has 0 radical (unpaired) electrons. The quantitative estimate of drug-likeness (QED) is 0.767.